The summed E-state index contributed by atoms with van der Waals surface area (Å²) in [5, 5.41) is 12.4. The van der Waals surface area contributed by atoms with Gasteiger partial charge < -0.3 is 19.9 Å². The Labute approximate surface area is 159 Å². The molecular formula is C18H18N4O4S. The molecule has 9 heteroatoms. The second-order valence-corrected chi connectivity index (χ2v) is 7.54. The molecule has 2 amide bonds. The first-order valence-electron chi connectivity index (χ1n) is 8.67. The van der Waals surface area contributed by atoms with E-state index in [2.05, 4.69) is 10.3 Å². The van der Waals surface area contributed by atoms with Crippen molar-refractivity contribution in [3.05, 3.63) is 41.2 Å². The number of carbonyl (C=O) groups is 3. The molecular weight excluding hydrogens is 368 g/mol. The minimum absolute atomic E-state index is 0.0558. The predicted octanol–water partition coefficient (Wildman–Crippen LogP) is 2.87. The summed E-state index contributed by atoms with van der Waals surface area (Å²) in [7, 11) is 0. The fraction of sp³-hybridized carbons (Fsp3) is 0.333. The number of anilines is 1. The predicted molar refractivity (Wildman–Crippen MR) is 100.0 cm³/mol. The van der Waals surface area contributed by atoms with E-state index in [0.717, 1.165) is 10.5 Å². The van der Waals surface area contributed by atoms with Crippen LogP contribution in [0, 0.1) is 0 Å². The van der Waals surface area contributed by atoms with E-state index in [0.29, 0.717) is 43.2 Å². The van der Waals surface area contributed by atoms with Gasteiger partial charge in [0, 0.05) is 31.9 Å². The smallest absolute Gasteiger partial charge is 0.407 e. The average Bonchev–Trinajstić information content (AvgIpc) is 3.32. The van der Waals surface area contributed by atoms with Gasteiger partial charge in [-0.25, -0.2) is 9.78 Å². The molecule has 0 aliphatic carbocycles. The van der Waals surface area contributed by atoms with Crippen molar-refractivity contribution in [1.82, 2.24) is 14.5 Å². The summed E-state index contributed by atoms with van der Waals surface area (Å²) in [4.78, 5) is 42.1. The number of fused-ring (bicyclic) bond motifs is 1. The molecule has 140 valence electrons. The summed E-state index contributed by atoms with van der Waals surface area (Å²) in [6.45, 7) is 0.810. The molecule has 0 spiro atoms. The van der Waals surface area contributed by atoms with Crippen molar-refractivity contribution >= 4 is 39.8 Å². The topological polar surface area (TPSA) is 105 Å². The van der Waals surface area contributed by atoms with E-state index in [1.165, 1.54) is 16.2 Å². The number of nitrogens with one attached hydrogen (secondary N) is 1. The Morgan fingerprint density at radius 2 is 2.19 bits per heavy atom. The van der Waals surface area contributed by atoms with Gasteiger partial charge in [-0.15, -0.1) is 0 Å². The maximum absolute atomic E-state index is 12.7. The van der Waals surface area contributed by atoms with Crippen molar-refractivity contribution in [3.63, 3.8) is 0 Å². The molecule has 0 aromatic carbocycles. The van der Waals surface area contributed by atoms with Crippen molar-refractivity contribution in [2.75, 3.05) is 18.4 Å². The monoisotopic (exact) mass is 386 g/mol. The maximum atomic E-state index is 12.7. The number of amides is 2. The minimum Gasteiger partial charge on any atom is -0.465 e. The summed E-state index contributed by atoms with van der Waals surface area (Å²) in [6.07, 6.45) is 5.88. The molecule has 4 heterocycles. The van der Waals surface area contributed by atoms with Gasteiger partial charge in [-0.1, -0.05) is 17.4 Å². The van der Waals surface area contributed by atoms with Crippen LogP contribution in [0.15, 0.2) is 30.6 Å². The highest BCUT2D eigenvalue weighted by Gasteiger charge is 2.30. The second kappa shape index (κ2) is 6.99. The number of carbonyl (C=O) groups excluding carboxylic acids is 2. The van der Waals surface area contributed by atoms with Crippen LogP contribution in [-0.2, 0) is 4.79 Å². The van der Waals surface area contributed by atoms with Crippen LogP contribution >= 0.6 is 11.3 Å². The van der Waals surface area contributed by atoms with Crippen LogP contribution in [0.4, 0.5) is 9.93 Å². The molecule has 0 saturated carbocycles. The molecule has 2 aromatic heterocycles. The van der Waals surface area contributed by atoms with Gasteiger partial charge in [-0.3, -0.25) is 9.59 Å². The molecule has 27 heavy (non-hydrogen) atoms. The summed E-state index contributed by atoms with van der Waals surface area (Å²) >= 11 is 1.37. The fourth-order valence-corrected chi connectivity index (χ4v) is 4.32. The van der Waals surface area contributed by atoms with Crippen LogP contribution in [0.3, 0.4) is 0 Å². The zero-order chi connectivity index (χ0) is 19.0. The molecule has 4 rings (SSSR count). The van der Waals surface area contributed by atoms with Gasteiger partial charge in [0.25, 0.3) is 0 Å². The van der Waals surface area contributed by atoms with Gasteiger partial charge in [0.15, 0.2) is 10.9 Å². The van der Waals surface area contributed by atoms with Gasteiger partial charge in [0.1, 0.15) is 6.04 Å². The normalized spacial score (nSPS) is 19.4. The van der Waals surface area contributed by atoms with E-state index < -0.39 is 12.1 Å². The number of hydrogen-bond acceptors (Lipinski definition) is 5. The number of thiazole rings is 1. The number of carboxylic acid groups (broad SMARTS) is 1. The first-order valence-corrected chi connectivity index (χ1v) is 9.48. The van der Waals surface area contributed by atoms with Crippen molar-refractivity contribution in [1.29, 1.82) is 0 Å². The molecule has 2 N–H and O–H groups in total. The summed E-state index contributed by atoms with van der Waals surface area (Å²) < 4.78 is 1.72. The molecule has 0 bridgehead atoms. The lowest BCUT2D eigenvalue weighted by molar-refractivity contribution is -0.119. The Morgan fingerprint density at radius 1 is 1.33 bits per heavy atom. The number of hydrogen-bond donors (Lipinski definition) is 2. The third-order valence-electron chi connectivity index (χ3n) is 4.88. The lowest BCUT2D eigenvalue weighted by Crippen LogP contribution is -2.33. The zero-order valence-electron chi connectivity index (χ0n) is 14.4. The summed E-state index contributed by atoms with van der Waals surface area (Å²) in [5.74, 6) is -0.129. The van der Waals surface area contributed by atoms with Crippen molar-refractivity contribution in [2.24, 2.45) is 0 Å². The highest BCUT2D eigenvalue weighted by atomic mass is 32.1. The Bertz CT molecular complexity index is 945. The highest BCUT2D eigenvalue weighted by molar-refractivity contribution is 7.16. The Balaban J connectivity index is 1.45. The van der Waals surface area contributed by atoms with Gasteiger partial charge in [-0.2, -0.15) is 0 Å². The molecule has 8 nitrogen and oxygen atoms in total. The molecule has 2 aliphatic rings. The van der Waals surface area contributed by atoms with E-state index in [4.69, 9.17) is 5.11 Å². The molecule has 0 radical (unpaired) electrons. The maximum Gasteiger partial charge on any atom is 0.407 e. The van der Waals surface area contributed by atoms with Crippen LogP contribution in [-0.4, -0.2) is 50.4 Å². The van der Waals surface area contributed by atoms with Gasteiger partial charge in [0.2, 0.25) is 5.91 Å². The van der Waals surface area contributed by atoms with Crippen LogP contribution in [0.25, 0.3) is 5.57 Å². The van der Waals surface area contributed by atoms with Crippen molar-refractivity contribution < 1.29 is 19.5 Å². The Morgan fingerprint density at radius 3 is 2.93 bits per heavy atom. The lowest BCUT2D eigenvalue weighted by Gasteiger charge is -2.24. The zero-order valence-corrected chi connectivity index (χ0v) is 15.2. The SMILES string of the molecule is O=C1CCC(C(=O)Nc2ncc(C3=CCN(C(=O)O)CC3)s2)n2cccc21. The fourth-order valence-electron chi connectivity index (χ4n) is 3.43. The summed E-state index contributed by atoms with van der Waals surface area (Å²) in [6, 6.07) is 3.09. The van der Waals surface area contributed by atoms with E-state index in [-0.39, 0.29) is 11.7 Å². The van der Waals surface area contributed by atoms with Crippen LogP contribution in [0.1, 0.15) is 40.7 Å². The summed E-state index contributed by atoms with van der Waals surface area (Å²) in [5.41, 5.74) is 1.61. The third-order valence-corrected chi connectivity index (χ3v) is 5.87. The number of rotatable bonds is 3. The van der Waals surface area contributed by atoms with E-state index >= 15 is 0 Å². The largest absolute Gasteiger partial charge is 0.465 e. The Kier molecular flexibility index (Phi) is 4.53. The first-order chi connectivity index (χ1) is 13.0. The number of aromatic nitrogens is 2. The first kappa shape index (κ1) is 17.5. The Hall–Kier alpha value is -2.94. The van der Waals surface area contributed by atoms with Crippen LogP contribution in [0.2, 0.25) is 0 Å². The van der Waals surface area contributed by atoms with Crippen molar-refractivity contribution in [3.8, 4) is 0 Å². The van der Waals surface area contributed by atoms with Gasteiger partial charge >= 0.3 is 6.09 Å². The van der Waals surface area contributed by atoms with E-state index in [1.807, 2.05) is 6.08 Å². The molecule has 0 fully saturated rings. The van der Waals surface area contributed by atoms with E-state index in [9.17, 15) is 14.4 Å². The molecule has 2 aliphatic heterocycles. The quantitative estimate of drug-likeness (QED) is 0.844. The second-order valence-electron chi connectivity index (χ2n) is 6.51. The number of Topliss-reactive ketones (excluding diaryl/α,β-unsaturated/α-hetero) is 1. The molecule has 0 saturated heterocycles. The molecule has 1 atom stereocenters. The average molecular weight is 386 g/mol. The number of nitrogens with zero attached hydrogens (tertiary/aromatic N) is 3. The van der Waals surface area contributed by atoms with E-state index in [1.54, 1.807) is 29.1 Å². The third kappa shape index (κ3) is 3.37. The number of ketones is 1. The highest BCUT2D eigenvalue weighted by Crippen LogP contribution is 2.31. The van der Waals surface area contributed by atoms with Gasteiger partial charge in [-0.05, 0) is 30.5 Å². The molecule has 2 aromatic rings. The van der Waals surface area contributed by atoms with Crippen LogP contribution < -0.4 is 5.32 Å². The standard InChI is InChI=1S/C18H18N4O4S/c23-14-4-3-13(22-7-1-2-12(14)22)16(24)20-17-19-10-15(27-17)11-5-8-21(9-6-11)18(25)26/h1-2,5,7,10,13H,3-4,6,8-9H2,(H,25,26)(H,19,20,24). The van der Waals surface area contributed by atoms with Crippen LogP contribution in [0.5, 0.6) is 0 Å². The lowest BCUT2D eigenvalue weighted by atomic mass is 10.0. The minimum atomic E-state index is -0.919. The van der Waals surface area contributed by atoms with Gasteiger partial charge in [0.05, 0.1) is 10.6 Å². The van der Waals surface area contributed by atoms with Crippen molar-refractivity contribution in [2.45, 2.75) is 25.3 Å². The molecule has 1 unspecified atom stereocenters.